The Hall–Kier alpha value is -1.92. The maximum Gasteiger partial charge on any atom is 0.187 e. The molecular formula is C15H18N4OS. The third-order valence-corrected chi connectivity index (χ3v) is 3.75. The molecule has 3 rings (SSSR count). The van der Waals surface area contributed by atoms with Crippen molar-refractivity contribution >= 4 is 34.4 Å². The third kappa shape index (κ3) is 3.40. The lowest BCUT2D eigenvalue weighted by Crippen LogP contribution is -2.37. The Kier molecular flexibility index (Phi) is 4.17. The van der Waals surface area contributed by atoms with Gasteiger partial charge >= 0.3 is 0 Å². The van der Waals surface area contributed by atoms with Crippen LogP contribution in [0.15, 0.2) is 35.4 Å². The van der Waals surface area contributed by atoms with Crippen LogP contribution in [0.2, 0.25) is 0 Å². The van der Waals surface area contributed by atoms with Gasteiger partial charge in [-0.15, -0.1) is 0 Å². The van der Waals surface area contributed by atoms with Crippen molar-refractivity contribution in [2.75, 3.05) is 13.2 Å². The average Bonchev–Trinajstić information content (AvgIpc) is 3.11. The molecule has 0 aliphatic carbocycles. The van der Waals surface area contributed by atoms with Crippen LogP contribution in [-0.4, -0.2) is 40.6 Å². The second-order valence-corrected chi connectivity index (χ2v) is 5.53. The van der Waals surface area contributed by atoms with Crippen LogP contribution in [0.25, 0.3) is 10.9 Å². The van der Waals surface area contributed by atoms with Gasteiger partial charge in [0.1, 0.15) is 0 Å². The van der Waals surface area contributed by atoms with Gasteiger partial charge in [-0.3, -0.25) is 0 Å². The molecule has 1 aliphatic heterocycles. The van der Waals surface area contributed by atoms with E-state index in [2.05, 4.69) is 16.2 Å². The second kappa shape index (κ2) is 6.24. The maximum absolute atomic E-state index is 5.73. The van der Waals surface area contributed by atoms with Crippen LogP contribution in [0.3, 0.4) is 0 Å². The number of ether oxygens (including phenoxy) is 1. The smallest absolute Gasteiger partial charge is 0.187 e. The number of fused-ring (bicyclic) bond motifs is 1. The molecular weight excluding hydrogens is 284 g/mol. The summed E-state index contributed by atoms with van der Waals surface area (Å²) < 4.78 is 5.60. The molecule has 1 atom stereocenters. The average molecular weight is 302 g/mol. The first-order chi connectivity index (χ1) is 10.2. The highest BCUT2D eigenvalue weighted by molar-refractivity contribution is 7.80. The minimum absolute atomic E-state index is 0.159. The Morgan fingerprint density at radius 2 is 2.38 bits per heavy atom. The lowest BCUT2D eigenvalue weighted by atomic mass is 10.2. The molecule has 0 bridgehead atoms. The van der Waals surface area contributed by atoms with Crippen molar-refractivity contribution in [3.63, 3.8) is 0 Å². The van der Waals surface area contributed by atoms with Gasteiger partial charge in [0.15, 0.2) is 5.11 Å². The van der Waals surface area contributed by atoms with E-state index in [9.17, 15) is 0 Å². The number of hydrogen-bond donors (Lipinski definition) is 2. The Bertz CT molecular complexity index is 627. The number of nitrogens with two attached hydrogens (primary N) is 1. The molecule has 2 heterocycles. The van der Waals surface area contributed by atoms with E-state index in [4.69, 9.17) is 22.7 Å². The first-order valence-corrected chi connectivity index (χ1v) is 7.43. The van der Waals surface area contributed by atoms with Gasteiger partial charge < -0.3 is 15.5 Å². The highest BCUT2D eigenvalue weighted by Crippen LogP contribution is 2.15. The van der Waals surface area contributed by atoms with E-state index < -0.39 is 0 Å². The van der Waals surface area contributed by atoms with Crippen molar-refractivity contribution < 1.29 is 4.74 Å². The topological polar surface area (TPSA) is 66.6 Å². The highest BCUT2D eigenvalue weighted by Gasteiger charge is 2.19. The molecule has 1 aromatic carbocycles. The fourth-order valence-electron chi connectivity index (χ4n) is 2.47. The highest BCUT2D eigenvalue weighted by atomic mass is 32.1. The van der Waals surface area contributed by atoms with Crippen molar-refractivity contribution in [2.45, 2.75) is 18.9 Å². The molecule has 0 saturated carbocycles. The van der Waals surface area contributed by atoms with Crippen LogP contribution in [-0.2, 0) is 4.74 Å². The molecule has 1 saturated heterocycles. The van der Waals surface area contributed by atoms with Crippen molar-refractivity contribution in [1.29, 1.82) is 0 Å². The lowest BCUT2D eigenvalue weighted by Gasteiger charge is -2.20. The number of thiocarbonyl (C=S) groups is 1. The number of nitrogens with one attached hydrogen (secondary N) is 1. The number of aromatic nitrogens is 1. The SMILES string of the molecule is NC(=S)N(CC1CCCO1)N=Cc1cc2ccccc2[nH]1. The quantitative estimate of drug-likeness (QED) is 0.516. The molecule has 1 aromatic heterocycles. The van der Waals surface area contributed by atoms with Crippen LogP contribution in [0.5, 0.6) is 0 Å². The summed E-state index contributed by atoms with van der Waals surface area (Å²) in [6.07, 6.45) is 4.02. The summed E-state index contributed by atoms with van der Waals surface area (Å²) in [5.74, 6) is 0. The third-order valence-electron chi connectivity index (χ3n) is 3.54. The number of hydrazone groups is 1. The van der Waals surface area contributed by atoms with Crippen molar-refractivity contribution in [3.05, 3.63) is 36.0 Å². The summed E-state index contributed by atoms with van der Waals surface area (Å²) in [7, 11) is 0. The number of rotatable bonds is 4. The van der Waals surface area contributed by atoms with Gasteiger partial charge in [-0.2, -0.15) is 5.10 Å². The Balaban J connectivity index is 1.73. The summed E-state index contributed by atoms with van der Waals surface area (Å²) in [5, 5.41) is 7.42. The maximum atomic E-state index is 5.73. The molecule has 1 aliphatic rings. The van der Waals surface area contributed by atoms with E-state index in [0.29, 0.717) is 6.54 Å². The normalized spacial score (nSPS) is 18.6. The van der Waals surface area contributed by atoms with E-state index in [0.717, 1.165) is 36.0 Å². The molecule has 5 nitrogen and oxygen atoms in total. The summed E-state index contributed by atoms with van der Waals surface area (Å²) in [5.41, 5.74) is 7.74. The predicted molar refractivity (Wildman–Crippen MR) is 88.4 cm³/mol. The Labute approximate surface area is 128 Å². The van der Waals surface area contributed by atoms with Gasteiger partial charge in [0.2, 0.25) is 0 Å². The monoisotopic (exact) mass is 302 g/mol. The molecule has 2 aromatic rings. The molecule has 1 fully saturated rings. The van der Waals surface area contributed by atoms with E-state index in [1.807, 2.05) is 24.3 Å². The molecule has 110 valence electrons. The predicted octanol–water partition coefficient (Wildman–Crippen LogP) is 2.23. The second-order valence-electron chi connectivity index (χ2n) is 5.11. The molecule has 3 N–H and O–H groups in total. The fraction of sp³-hybridized carbons (Fsp3) is 0.333. The number of H-pyrrole nitrogens is 1. The molecule has 21 heavy (non-hydrogen) atoms. The number of para-hydroxylation sites is 1. The van der Waals surface area contributed by atoms with E-state index >= 15 is 0 Å². The first kappa shape index (κ1) is 14.0. The van der Waals surface area contributed by atoms with Crippen LogP contribution < -0.4 is 5.73 Å². The van der Waals surface area contributed by atoms with E-state index in [1.54, 1.807) is 11.2 Å². The molecule has 1 unspecified atom stereocenters. The lowest BCUT2D eigenvalue weighted by molar-refractivity contribution is 0.0924. The van der Waals surface area contributed by atoms with Crippen molar-refractivity contribution in [2.24, 2.45) is 10.8 Å². The van der Waals surface area contributed by atoms with E-state index in [-0.39, 0.29) is 11.2 Å². The number of hydrogen-bond acceptors (Lipinski definition) is 3. The zero-order chi connectivity index (χ0) is 14.7. The molecule has 6 heteroatoms. The largest absolute Gasteiger partial charge is 0.376 e. The summed E-state index contributed by atoms with van der Waals surface area (Å²) in [4.78, 5) is 3.29. The fourth-order valence-corrected chi connectivity index (χ4v) is 2.59. The Morgan fingerprint density at radius 3 is 3.10 bits per heavy atom. The van der Waals surface area contributed by atoms with Crippen LogP contribution in [0.4, 0.5) is 0 Å². The molecule has 0 spiro atoms. The summed E-state index contributed by atoms with van der Waals surface area (Å²) >= 11 is 5.06. The van der Waals surface area contributed by atoms with Gasteiger partial charge in [0.25, 0.3) is 0 Å². The van der Waals surface area contributed by atoms with E-state index in [1.165, 1.54) is 0 Å². The zero-order valence-corrected chi connectivity index (χ0v) is 12.5. The van der Waals surface area contributed by atoms with Crippen LogP contribution in [0.1, 0.15) is 18.5 Å². The molecule has 0 amide bonds. The van der Waals surface area contributed by atoms with Gasteiger partial charge in [0, 0.05) is 17.5 Å². The van der Waals surface area contributed by atoms with Crippen molar-refractivity contribution in [1.82, 2.24) is 9.99 Å². The number of nitrogens with zero attached hydrogens (tertiary/aromatic N) is 2. The van der Waals surface area contributed by atoms with Crippen molar-refractivity contribution in [3.8, 4) is 0 Å². The number of aromatic amines is 1. The molecule has 0 radical (unpaired) electrons. The first-order valence-electron chi connectivity index (χ1n) is 7.03. The summed E-state index contributed by atoms with van der Waals surface area (Å²) in [6, 6.07) is 10.1. The van der Waals surface area contributed by atoms with Gasteiger partial charge in [-0.1, -0.05) is 18.2 Å². The van der Waals surface area contributed by atoms with Crippen LogP contribution >= 0.6 is 12.2 Å². The Morgan fingerprint density at radius 1 is 1.52 bits per heavy atom. The van der Waals surface area contributed by atoms with Gasteiger partial charge in [0.05, 0.1) is 24.6 Å². The van der Waals surface area contributed by atoms with Gasteiger partial charge in [-0.25, -0.2) is 5.01 Å². The number of benzene rings is 1. The van der Waals surface area contributed by atoms with Gasteiger partial charge in [-0.05, 0) is 37.2 Å². The van der Waals surface area contributed by atoms with Crippen LogP contribution in [0, 0.1) is 0 Å². The standard InChI is InChI=1S/C15H18N4OS/c16-15(21)19(10-13-5-3-7-20-13)17-9-12-8-11-4-1-2-6-14(11)18-12/h1-2,4,6,8-9,13,18H,3,5,7,10H2,(H2,16,21). The zero-order valence-electron chi connectivity index (χ0n) is 11.7. The minimum atomic E-state index is 0.159. The minimum Gasteiger partial charge on any atom is -0.376 e. The summed E-state index contributed by atoms with van der Waals surface area (Å²) in [6.45, 7) is 1.41.